The number of methoxy groups -OCH3 is 1. The Morgan fingerprint density at radius 2 is 2.29 bits per heavy atom. The lowest BCUT2D eigenvalue weighted by atomic mass is 10.1. The maximum atomic E-state index is 12.7. The van der Waals surface area contributed by atoms with Crippen LogP contribution in [0.3, 0.4) is 0 Å². The third kappa shape index (κ3) is 2.33. The molecule has 1 aliphatic rings. The largest absolute Gasteiger partial charge is 0.377 e. The molecule has 1 amide bonds. The Morgan fingerprint density at radius 3 is 3.05 bits per heavy atom. The summed E-state index contributed by atoms with van der Waals surface area (Å²) in [6.07, 6.45) is 2.56. The summed E-state index contributed by atoms with van der Waals surface area (Å²) in [6, 6.07) is 3.83. The summed E-state index contributed by atoms with van der Waals surface area (Å²) >= 11 is 0. The van der Waals surface area contributed by atoms with Gasteiger partial charge in [-0.1, -0.05) is 5.16 Å². The minimum Gasteiger partial charge on any atom is -0.377 e. The molecule has 0 unspecified atom stereocenters. The zero-order valence-corrected chi connectivity index (χ0v) is 12.3. The third-order valence-corrected chi connectivity index (χ3v) is 3.72. The summed E-state index contributed by atoms with van der Waals surface area (Å²) in [5, 5.41) is 8.14. The van der Waals surface area contributed by atoms with E-state index >= 15 is 0 Å². The number of hydrogen-bond acceptors (Lipinski definition) is 5. The Bertz CT molecular complexity index is 648. The molecule has 0 spiro atoms. The SMILES string of the molecule is COCc1cc(C(=O)N2c3ccnn3[C@H](C)C[C@H]2C)no1. The van der Waals surface area contributed by atoms with Crippen LogP contribution in [0.5, 0.6) is 0 Å². The molecule has 0 N–H and O–H groups in total. The maximum absolute atomic E-state index is 12.7. The Balaban J connectivity index is 1.92. The third-order valence-electron chi connectivity index (χ3n) is 3.72. The molecule has 112 valence electrons. The average molecular weight is 290 g/mol. The minimum absolute atomic E-state index is 0.0827. The van der Waals surface area contributed by atoms with E-state index in [-0.39, 0.29) is 23.7 Å². The van der Waals surface area contributed by atoms with Crippen LogP contribution < -0.4 is 4.90 Å². The second-order valence-electron chi connectivity index (χ2n) is 5.35. The lowest BCUT2D eigenvalue weighted by Gasteiger charge is -2.36. The summed E-state index contributed by atoms with van der Waals surface area (Å²) in [5.41, 5.74) is 0.288. The highest BCUT2D eigenvalue weighted by molar-refractivity contribution is 6.04. The van der Waals surface area contributed by atoms with Gasteiger partial charge in [0.15, 0.2) is 11.5 Å². The average Bonchev–Trinajstić information content (AvgIpc) is 3.08. The number of ether oxygens (including phenoxy) is 1. The number of anilines is 1. The normalized spacial score (nSPS) is 21.4. The second-order valence-corrected chi connectivity index (χ2v) is 5.35. The van der Waals surface area contributed by atoms with Crippen molar-refractivity contribution in [2.24, 2.45) is 0 Å². The number of fused-ring (bicyclic) bond motifs is 1. The second kappa shape index (κ2) is 5.33. The first-order valence-corrected chi connectivity index (χ1v) is 6.93. The van der Waals surface area contributed by atoms with Gasteiger partial charge in [-0.15, -0.1) is 0 Å². The smallest absolute Gasteiger partial charge is 0.281 e. The van der Waals surface area contributed by atoms with E-state index in [1.54, 1.807) is 24.3 Å². The Morgan fingerprint density at radius 1 is 1.48 bits per heavy atom. The molecule has 0 saturated carbocycles. The number of aromatic nitrogens is 3. The first-order chi connectivity index (χ1) is 10.1. The fraction of sp³-hybridized carbons (Fsp3) is 0.500. The van der Waals surface area contributed by atoms with E-state index in [1.807, 2.05) is 17.7 Å². The summed E-state index contributed by atoms with van der Waals surface area (Å²) in [5.74, 6) is 1.15. The number of amides is 1. The number of hydrogen-bond donors (Lipinski definition) is 0. The van der Waals surface area contributed by atoms with Crippen LogP contribution in [0.1, 0.15) is 42.6 Å². The predicted molar refractivity (Wildman–Crippen MR) is 75.0 cm³/mol. The van der Waals surface area contributed by atoms with Crippen molar-refractivity contribution in [2.45, 2.75) is 39.0 Å². The van der Waals surface area contributed by atoms with Gasteiger partial charge < -0.3 is 9.26 Å². The maximum Gasteiger partial charge on any atom is 0.281 e. The van der Waals surface area contributed by atoms with Crippen LogP contribution in [0.4, 0.5) is 5.82 Å². The standard InChI is InChI=1S/C14H18N4O3/c1-9-6-10(2)18-13(4-5-15-18)17(9)14(19)12-7-11(8-20-3)21-16-12/h4-5,7,9-10H,6,8H2,1-3H3/t9-,10-/m1/s1. The summed E-state index contributed by atoms with van der Waals surface area (Å²) in [6.45, 7) is 4.42. The van der Waals surface area contributed by atoms with Crippen molar-refractivity contribution in [3.8, 4) is 0 Å². The summed E-state index contributed by atoms with van der Waals surface area (Å²) in [7, 11) is 1.57. The fourth-order valence-electron chi connectivity index (χ4n) is 2.81. The Labute approximate surface area is 122 Å². The zero-order chi connectivity index (χ0) is 15.0. The van der Waals surface area contributed by atoms with E-state index in [1.165, 1.54) is 0 Å². The Hall–Kier alpha value is -2.15. The molecule has 0 radical (unpaired) electrons. The zero-order valence-electron chi connectivity index (χ0n) is 12.3. The lowest BCUT2D eigenvalue weighted by Crippen LogP contribution is -2.45. The first-order valence-electron chi connectivity index (χ1n) is 6.93. The molecular formula is C14H18N4O3. The highest BCUT2D eigenvalue weighted by Crippen LogP contribution is 2.32. The van der Waals surface area contributed by atoms with E-state index in [2.05, 4.69) is 17.2 Å². The Kier molecular flexibility index (Phi) is 3.50. The van der Waals surface area contributed by atoms with Crippen LogP contribution in [0.15, 0.2) is 22.9 Å². The van der Waals surface area contributed by atoms with Gasteiger partial charge in [0, 0.05) is 25.3 Å². The van der Waals surface area contributed by atoms with Gasteiger partial charge >= 0.3 is 0 Å². The molecule has 0 aliphatic carbocycles. The quantitative estimate of drug-likeness (QED) is 0.864. The monoisotopic (exact) mass is 290 g/mol. The van der Waals surface area contributed by atoms with Gasteiger partial charge in [-0.25, -0.2) is 4.68 Å². The number of carbonyl (C=O) groups excluding carboxylic acids is 1. The van der Waals surface area contributed by atoms with Crippen LogP contribution in [-0.2, 0) is 11.3 Å². The highest BCUT2D eigenvalue weighted by Gasteiger charge is 2.34. The van der Waals surface area contributed by atoms with Gasteiger partial charge in [-0.3, -0.25) is 9.69 Å². The summed E-state index contributed by atoms with van der Waals surface area (Å²) in [4.78, 5) is 14.4. The van der Waals surface area contributed by atoms with Crippen molar-refractivity contribution in [1.29, 1.82) is 0 Å². The van der Waals surface area contributed by atoms with E-state index < -0.39 is 0 Å². The molecule has 2 atom stereocenters. The topological polar surface area (TPSA) is 73.4 Å². The molecule has 0 saturated heterocycles. The molecule has 7 heteroatoms. The predicted octanol–water partition coefficient (Wildman–Crippen LogP) is 2.02. The molecule has 3 heterocycles. The van der Waals surface area contributed by atoms with Gasteiger partial charge in [-0.05, 0) is 20.3 Å². The van der Waals surface area contributed by atoms with Crippen LogP contribution in [0, 0.1) is 0 Å². The van der Waals surface area contributed by atoms with E-state index in [9.17, 15) is 4.79 Å². The van der Waals surface area contributed by atoms with Crippen molar-refractivity contribution < 1.29 is 14.1 Å². The van der Waals surface area contributed by atoms with Gasteiger partial charge in [0.1, 0.15) is 12.4 Å². The highest BCUT2D eigenvalue weighted by atomic mass is 16.5. The molecule has 1 aliphatic heterocycles. The van der Waals surface area contributed by atoms with Crippen molar-refractivity contribution >= 4 is 11.7 Å². The van der Waals surface area contributed by atoms with Gasteiger partial charge in [-0.2, -0.15) is 5.10 Å². The van der Waals surface area contributed by atoms with E-state index in [0.717, 1.165) is 12.2 Å². The van der Waals surface area contributed by atoms with Gasteiger partial charge in [0.25, 0.3) is 5.91 Å². The van der Waals surface area contributed by atoms with E-state index in [4.69, 9.17) is 9.26 Å². The van der Waals surface area contributed by atoms with Crippen molar-refractivity contribution in [2.75, 3.05) is 12.0 Å². The van der Waals surface area contributed by atoms with Crippen LogP contribution in [0.25, 0.3) is 0 Å². The molecule has 0 bridgehead atoms. The molecular weight excluding hydrogens is 272 g/mol. The lowest BCUT2D eigenvalue weighted by molar-refractivity contribution is 0.0957. The number of carbonyl (C=O) groups is 1. The molecule has 0 aromatic carbocycles. The molecule has 3 rings (SSSR count). The summed E-state index contributed by atoms with van der Waals surface area (Å²) < 4.78 is 11.9. The van der Waals surface area contributed by atoms with Gasteiger partial charge in [0.2, 0.25) is 0 Å². The first kappa shape index (κ1) is 13.8. The van der Waals surface area contributed by atoms with Crippen molar-refractivity contribution in [3.63, 3.8) is 0 Å². The van der Waals surface area contributed by atoms with Crippen LogP contribution in [0.2, 0.25) is 0 Å². The molecule has 21 heavy (non-hydrogen) atoms. The van der Waals surface area contributed by atoms with Crippen molar-refractivity contribution in [1.82, 2.24) is 14.9 Å². The minimum atomic E-state index is -0.178. The van der Waals surface area contributed by atoms with Crippen LogP contribution >= 0.6 is 0 Å². The molecule has 2 aromatic rings. The van der Waals surface area contributed by atoms with Crippen LogP contribution in [-0.4, -0.2) is 34.0 Å². The molecule has 7 nitrogen and oxygen atoms in total. The number of nitrogens with zero attached hydrogens (tertiary/aromatic N) is 4. The molecule has 2 aromatic heterocycles. The molecule has 0 fully saturated rings. The van der Waals surface area contributed by atoms with Gasteiger partial charge in [0.05, 0.1) is 12.2 Å². The van der Waals surface area contributed by atoms with Crippen molar-refractivity contribution in [3.05, 3.63) is 29.8 Å². The fourth-order valence-corrected chi connectivity index (χ4v) is 2.81. The van der Waals surface area contributed by atoms with E-state index in [0.29, 0.717) is 12.4 Å². The number of rotatable bonds is 3.